The van der Waals surface area contributed by atoms with E-state index in [4.69, 9.17) is 0 Å². The molecule has 1 nitrogen and oxygen atoms in total. The zero-order chi connectivity index (χ0) is 17.8. The molecular weight excluding hydrogens is 320 g/mol. The highest BCUT2D eigenvalue weighted by atomic mass is 28.3. The van der Waals surface area contributed by atoms with E-state index in [1.54, 1.807) is 0 Å². The summed E-state index contributed by atoms with van der Waals surface area (Å²) in [6, 6.07) is 32.0. The first-order valence-electron chi connectivity index (χ1n) is 8.62. The van der Waals surface area contributed by atoms with Gasteiger partial charge < -0.3 is 5.11 Å². The van der Waals surface area contributed by atoms with E-state index in [1.807, 2.05) is 19.9 Å². The maximum absolute atomic E-state index is 10.4. The quantitative estimate of drug-likeness (QED) is 0.557. The van der Waals surface area contributed by atoms with E-state index in [0.29, 0.717) is 0 Å². The lowest BCUT2D eigenvalue weighted by molar-refractivity contribution is 0.133. The van der Waals surface area contributed by atoms with Crippen LogP contribution in [0, 0.1) is 0 Å². The summed E-state index contributed by atoms with van der Waals surface area (Å²) in [5, 5.41) is 14.3. The van der Waals surface area contributed by atoms with Gasteiger partial charge in [0.1, 0.15) is 0 Å². The average molecular weight is 345 g/mol. The van der Waals surface area contributed by atoms with E-state index in [1.165, 1.54) is 15.6 Å². The largest absolute Gasteiger partial charge is 0.386 e. The van der Waals surface area contributed by atoms with Crippen molar-refractivity contribution in [1.82, 2.24) is 0 Å². The van der Waals surface area contributed by atoms with Crippen LogP contribution >= 0.6 is 0 Å². The van der Waals surface area contributed by atoms with Gasteiger partial charge >= 0.3 is 0 Å². The fraction of sp³-hybridized carbons (Fsp3) is 0.130. The lowest BCUT2D eigenvalue weighted by Gasteiger charge is -2.31. The fourth-order valence-corrected chi connectivity index (χ4v) is 7.61. The zero-order valence-electron chi connectivity index (χ0n) is 14.8. The highest BCUT2D eigenvalue weighted by Crippen LogP contribution is 2.13. The number of rotatable bonds is 5. The summed E-state index contributed by atoms with van der Waals surface area (Å²) in [6.45, 7) is 3.65. The van der Waals surface area contributed by atoms with Gasteiger partial charge in [0.05, 0.1) is 5.60 Å². The van der Waals surface area contributed by atoms with Crippen LogP contribution in [0.15, 0.2) is 103 Å². The Labute approximate surface area is 151 Å². The van der Waals surface area contributed by atoms with Crippen LogP contribution in [-0.4, -0.2) is 18.8 Å². The summed E-state index contributed by atoms with van der Waals surface area (Å²) in [5.74, 6) is 0. The molecule has 0 aliphatic carbocycles. The van der Waals surface area contributed by atoms with Gasteiger partial charge in [0.2, 0.25) is 0 Å². The van der Waals surface area contributed by atoms with Gasteiger partial charge in [-0.2, -0.15) is 0 Å². The van der Waals surface area contributed by atoms with Crippen molar-refractivity contribution >= 4 is 23.6 Å². The standard InChI is InChI=1S/C23H24OSi/c1-23(2,24)18-19-25(20-12-6-3-7-13-20,21-14-8-4-9-15-21)22-16-10-5-11-17-22/h3-19,24H,1-2H3/b19-18+. The third kappa shape index (κ3) is 3.81. The minimum absolute atomic E-state index is 0.851. The summed E-state index contributed by atoms with van der Waals surface area (Å²) in [4.78, 5) is 0. The Kier molecular flexibility index (Phi) is 5.02. The molecule has 0 radical (unpaired) electrons. The molecule has 3 aromatic rings. The molecule has 0 heterocycles. The monoisotopic (exact) mass is 344 g/mol. The van der Waals surface area contributed by atoms with Crippen molar-refractivity contribution in [2.45, 2.75) is 19.4 Å². The molecule has 0 spiro atoms. The van der Waals surface area contributed by atoms with Crippen LogP contribution < -0.4 is 15.6 Å². The molecule has 0 aromatic heterocycles. The molecule has 0 atom stereocenters. The maximum Gasteiger partial charge on any atom is 0.172 e. The van der Waals surface area contributed by atoms with Crippen LogP contribution in [0.1, 0.15) is 13.8 Å². The highest BCUT2D eigenvalue weighted by molar-refractivity contribution is 7.14. The Morgan fingerprint density at radius 2 is 0.960 bits per heavy atom. The van der Waals surface area contributed by atoms with Crippen molar-refractivity contribution in [2.24, 2.45) is 0 Å². The lowest BCUT2D eigenvalue weighted by atomic mass is 10.1. The Morgan fingerprint density at radius 1 is 0.640 bits per heavy atom. The summed E-state index contributed by atoms with van der Waals surface area (Å²) in [6.07, 6.45) is 1.95. The number of hydrogen-bond acceptors (Lipinski definition) is 1. The zero-order valence-corrected chi connectivity index (χ0v) is 15.8. The molecular formula is C23H24OSi. The molecule has 0 fully saturated rings. The average Bonchev–Trinajstić information content (AvgIpc) is 2.64. The Balaban J connectivity index is 2.34. The number of aliphatic hydroxyl groups is 1. The molecule has 0 aliphatic heterocycles. The fourth-order valence-electron chi connectivity index (χ4n) is 3.22. The van der Waals surface area contributed by atoms with Crippen LogP contribution in [0.4, 0.5) is 0 Å². The molecule has 0 amide bonds. The van der Waals surface area contributed by atoms with E-state index >= 15 is 0 Å². The molecule has 0 bridgehead atoms. The Bertz CT molecular complexity index is 722. The number of hydrogen-bond donors (Lipinski definition) is 1. The Morgan fingerprint density at radius 3 is 1.24 bits per heavy atom. The Hall–Kier alpha value is -2.42. The van der Waals surface area contributed by atoms with E-state index in [0.717, 1.165) is 0 Å². The third-order valence-electron chi connectivity index (χ3n) is 4.43. The summed E-state index contributed by atoms with van der Waals surface area (Å²) in [5.41, 5.74) is 1.42. The molecule has 1 N–H and O–H groups in total. The molecule has 0 saturated heterocycles. The van der Waals surface area contributed by atoms with Gasteiger partial charge in [-0.15, -0.1) is 0 Å². The lowest BCUT2D eigenvalue weighted by Crippen LogP contribution is -2.66. The van der Waals surface area contributed by atoms with Crippen molar-refractivity contribution < 1.29 is 5.11 Å². The topological polar surface area (TPSA) is 20.2 Å². The SMILES string of the molecule is CC(C)(O)/C=C/[Si](c1ccccc1)(c1ccccc1)c1ccccc1. The van der Waals surface area contributed by atoms with Crippen molar-refractivity contribution in [2.75, 3.05) is 0 Å². The molecule has 0 saturated carbocycles. The molecule has 126 valence electrons. The molecule has 3 rings (SSSR count). The summed E-state index contributed by atoms with van der Waals surface area (Å²) in [7, 11) is -2.37. The normalized spacial score (nSPS) is 12.4. The summed E-state index contributed by atoms with van der Waals surface area (Å²) >= 11 is 0. The van der Waals surface area contributed by atoms with Crippen LogP contribution in [0.2, 0.25) is 0 Å². The minimum Gasteiger partial charge on any atom is -0.386 e. The van der Waals surface area contributed by atoms with Gasteiger partial charge in [-0.25, -0.2) is 0 Å². The van der Waals surface area contributed by atoms with Crippen LogP contribution in [0.25, 0.3) is 0 Å². The third-order valence-corrected chi connectivity index (χ3v) is 8.83. The predicted octanol–water partition coefficient (Wildman–Crippen LogP) is 3.02. The van der Waals surface area contributed by atoms with Crippen LogP contribution in [0.3, 0.4) is 0 Å². The van der Waals surface area contributed by atoms with E-state index in [9.17, 15) is 5.11 Å². The maximum atomic E-state index is 10.4. The van der Waals surface area contributed by atoms with Crippen molar-refractivity contribution in [3.8, 4) is 0 Å². The predicted molar refractivity (Wildman–Crippen MR) is 109 cm³/mol. The van der Waals surface area contributed by atoms with Gasteiger partial charge in [0, 0.05) is 0 Å². The van der Waals surface area contributed by atoms with E-state index < -0.39 is 13.7 Å². The van der Waals surface area contributed by atoms with Gasteiger partial charge in [-0.05, 0) is 29.4 Å². The molecule has 3 aromatic carbocycles. The van der Waals surface area contributed by atoms with E-state index in [-0.39, 0.29) is 0 Å². The van der Waals surface area contributed by atoms with E-state index in [2.05, 4.69) is 96.7 Å². The van der Waals surface area contributed by atoms with Crippen LogP contribution in [-0.2, 0) is 0 Å². The van der Waals surface area contributed by atoms with Crippen LogP contribution in [0.5, 0.6) is 0 Å². The second kappa shape index (κ2) is 7.22. The highest BCUT2D eigenvalue weighted by Gasteiger charge is 2.37. The second-order valence-electron chi connectivity index (χ2n) is 6.89. The first kappa shape index (κ1) is 17.4. The van der Waals surface area contributed by atoms with Crippen molar-refractivity contribution in [3.63, 3.8) is 0 Å². The van der Waals surface area contributed by atoms with Crippen molar-refractivity contribution in [1.29, 1.82) is 0 Å². The smallest absolute Gasteiger partial charge is 0.172 e. The molecule has 25 heavy (non-hydrogen) atoms. The van der Waals surface area contributed by atoms with Gasteiger partial charge in [0.25, 0.3) is 0 Å². The first-order valence-corrected chi connectivity index (χ1v) is 10.7. The molecule has 2 heteroatoms. The van der Waals surface area contributed by atoms with Gasteiger partial charge in [-0.3, -0.25) is 0 Å². The molecule has 0 unspecified atom stereocenters. The summed E-state index contributed by atoms with van der Waals surface area (Å²) < 4.78 is 0. The molecule has 0 aliphatic rings. The van der Waals surface area contributed by atoms with Gasteiger partial charge in [0.15, 0.2) is 8.07 Å². The van der Waals surface area contributed by atoms with Crippen molar-refractivity contribution in [3.05, 3.63) is 103 Å². The second-order valence-corrected chi connectivity index (χ2v) is 10.6. The first-order chi connectivity index (χ1) is 12.0. The van der Waals surface area contributed by atoms with Gasteiger partial charge in [-0.1, -0.05) is 103 Å². The number of benzene rings is 3. The minimum atomic E-state index is -2.37.